The summed E-state index contributed by atoms with van der Waals surface area (Å²) >= 11 is 0. The normalized spacial score (nSPS) is 12.9. The molecule has 0 spiro atoms. The fourth-order valence-corrected chi connectivity index (χ4v) is 2.07. The molecule has 2 N–H and O–H groups in total. The highest BCUT2D eigenvalue weighted by molar-refractivity contribution is 5.19. The van der Waals surface area contributed by atoms with Gasteiger partial charge in [-0.05, 0) is 30.4 Å². The second-order valence-electron chi connectivity index (χ2n) is 5.32. The van der Waals surface area contributed by atoms with Crippen molar-refractivity contribution in [2.45, 2.75) is 33.1 Å². The van der Waals surface area contributed by atoms with Crippen LogP contribution in [0.1, 0.15) is 38.7 Å². The Labute approximate surface area is 112 Å². The van der Waals surface area contributed by atoms with Gasteiger partial charge in [-0.3, -0.25) is 0 Å². The Bertz CT molecular complexity index is 295. The lowest BCUT2D eigenvalue weighted by Crippen LogP contribution is -2.31. The maximum absolute atomic E-state index is 3.55. The molecular formula is C16H28N2. The lowest BCUT2D eigenvalue weighted by molar-refractivity contribution is 0.517. The first-order valence-corrected chi connectivity index (χ1v) is 7.20. The number of rotatable bonds is 9. The van der Waals surface area contributed by atoms with Gasteiger partial charge in [0.05, 0.1) is 0 Å². The molecule has 2 nitrogen and oxygen atoms in total. The van der Waals surface area contributed by atoms with Crippen molar-refractivity contribution in [2.75, 3.05) is 26.2 Å². The van der Waals surface area contributed by atoms with Gasteiger partial charge in [0.15, 0.2) is 0 Å². The van der Waals surface area contributed by atoms with Crippen molar-refractivity contribution < 1.29 is 0 Å². The molecule has 0 aliphatic heterocycles. The molecule has 2 heteroatoms. The Kier molecular flexibility index (Phi) is 7.70. The summed E-state index contributed by atoms with van der Waals surface area (Å²) in [5.41, 5.74) is 1.45. The molecular weight excluding hydrogens is 220 g/mol. The first-order chi connectivity index (χ1) is 8.74. The van der Waals surface area contributed by atoms with E-state index in [0.717, 1.165) is 32.1 Å². The summed E-state index contributed by atoms with van der Waals surface area (Å²) in [5, 5.41) is 7.00. The lowest BCUT2D eigenvalue weighted by Gasteiger charge is -2.16. The minimum Gasteiger partial charge on any atom is -0.315 e. The first kappa shape index (κ1) is 15.2. The number of hydrogen-bond donors (Lipinski definition) is 2. The molecule has 1 aromatic rings. The molecule has 0 fully saturated rings. The van der Waals surface area contributed by atoms with Gasteiger partial charge in [-0.1, -0.05) is 51.1 Å². The molecule has 0 saturated heterocycles. The zero-order valence-corrected chi connectivity index (χ0v) is 12.1. The van der Waals surface area contributed by atoms with E-state index in [1.54, 1.807) is 0 Å². The standard InChI is InChI=1S/C16H28N2/c1-4-15(16-8-6-5-7-9-16)13-18-11-10-17-12-14(2)3/h5-9,14-15,17-18H,4,10-13H2,1-3H3. The fraction of sp³-hybridized carbons (Fsp3) is 0.625. The maximum Gasteiger partial charge on any atom is 0.00769 e. The van der Waals surface area contributed by atoms with Gasteiger partial charge in [-0.2, -0.15) is 0 Å². The van der Waals surface area contributed by atoms with E-state index in [9.17, 15) is 0 Å². The fourth-order valence-electron chi connectivity index (χ4n) is 2.07. The average molecular weight is 248 g/mol. The summed E-state index contributed by atoms with van der Waals surface area (Å²) in [4.78, 5) is 0. The number of benzene rings is 1. The zero-order valence-electron chi connectivity index (χ0n) is 12.1. The van der Waals surface area contributed by atoms with Crippen LogP contribution in [0.2, 0.25) is 0 Å². The van der Waals surface area contributed by atoms with Crippen molar-refractivity contribution in [3.8, 4) is 0 Å². The van der Waals surface area contributed by atoms with Gasteiger partial charge in [-0.25, -0.2) is 0 Å². The van der Waals surface area contributed by atoms with Crippen LogP contribution in [0.4, 0.5) is 0 Å². The summed E-state index contributed by atoms with van der Waals surface area (Å²) in [6.07, 6.45) is 1.19. The van der Waals surface area contributed by atoms with E-state index in [4.69, 9.17) is 0 Å². The molecule has 1 aromatic carbocycles. The predicted molar refractivity (Wildman–Crippen MR) is 80.1 cm³/mol. The average Bonchev–Trinajstić information content (AvgIpc) is 2.38. The quantitative estimate of drug-likeness (QED) is 0.656. The van der Waals surface area contributed by atoms with E-state index < -0.39 is 0 Å². The van der Waals surface area contributed by atoms with Crippen LogP contribution in [0.5, 0.6) is 0 Å². The third-order valence-electron chi connectivity index (χ3n) is 3.19. The topological polar surface area (TPSA) is 24.1 Å². The van der Waals surface area contributed by atoms with Crippen LogP contribution in [-0.2, 0) is 0 Å². The van der Waals surface area contributed by atoms with E-state index in [1.807, 2.05) is 0 Å². The molecule has 1 rings (SSSR count). The van der Waals surface area contributed by atoms with Crippen LogP contribution in [0.3, 0.4) is 0 Å². The Hall–Kier alpha value is -0.860. The number of hydrogen-bond acceptors (Lipinski definition) is 2. The van der Waals surface area contributed by atoms with Crippen LogP contribution in [-0.4, -0.2) is 26.2 Å². The molecule has 102 valence electrons. The van der Waals surface area contributed by atoms with Gasteiger partial charge in [0.1, 0.15) is 0 Å². The third-order valence-corrected chi connectivity index (χ3v) is 3.19. The monoisotopic (exact) mass is 248 g/mol. The van der Waals surface area contributed by atoms with Gasteiger partial charge in [0.25, 0.3) is 0 Å². The zero-order chi connectivity index (χ0) is 13.2. The van der Waals surface area contributed by atoms with Crippen molar-refractivity contribution in [2.24, 2.45) is 5.92 Å². The van der Waals surface area contributed by atoms with E-state index >= 15 is 0 Å². The lowest BCUT2D eigenvalue weighted by atomic mass is 9.96. The van der Waals surface area contributed by atoms with Gasteiger partial charge >= 0.3 is 0 Å². The Morgan fingerprint density at radius 2 is 1.56 bits per heavy atom. The third kappa shape index (κ3) is 6.18. The van der Waals surface area contributed by atoms with Gasteiger partial charge in [-0.15, -0.1) is 0 Å². The van der Waals surface area contributed by atoms with Crippen LogP contribution in [0, 0.1) is 5.92 Å². The highest BCUT2D eigenvalue weighted by Crippen LogP contribution is 2.17. The Balaban J connectivity index is 2.17. The molecule has 0 radical (unpaired) electrons. The van der Waals surface area contributed by atoms with E-state index in [1.165, 1.54) is 12.0 Å². The van der Waals surface area contributed by atoms with Crippen LogP contribution >= 0.6 is 0 Å². The molecule has 0 amide bonds. The highest BCUT2D eigenvalue weighted by atomic mass is 14.9. The maximum atomic E-state index is 3.55. The van der Waals surface area contributed by atoms with Crippen LogP contribution in [0.25, 0.3) is 0 Å². The van der Waals surface area contributed by atoms with Crippen molar-refractivity contribution >= 4 is 0 Å². The molecule has 0 aromatic heterocycles. The smallest absolute Gasteiger partial charge is 0.00769 e. The summed E-state index contributed by atoms with van der Waals surface area (Å²) in [6, 6.07) is 10.8. The number of nitrogens with one attached hydrogen (secondary N) is 2. The molecule has 0 saturated carbocycles. The molecule has 0 aliphatic carbocycles. The van der Waals surface area contributed by atoms with E-state index in [-0.39, 0.29) is 0 Å². The van der Waals surface area contributed by atoms with E-state index in [0.29, 0.717) is 5.92 Å². The summed E-state index contributed by atoms with van der Waals surface area (Å²) in [7, 11) is 0. The highest BCUT2D eigenvalue weighted by Gasteiger charge is 2.07. The molecule has 1 unspecified atom stereocenters. The second-order valence-corrected chi connectivity index (χ2v) is 5.32. The summed E-state index contributed by atoms with van der Waals surface area (Å²) in [5.74, 6) is 1.37. The van der Waals surface area contributed by atoms with Crippen LogP contribution < -0.4 is 10.6 Å². The molecule has 0 heterocycles. The molecule has 1 atom stereocenters. The van der Waals surface area contributed by atoms with Crippen molar-refractivity contribution in [1.29, 1.82) is 0 Å². The van der Waals surface area contributed by atoms with Crippen molar-refractivity contribution in [1.82, 2.24) is 10.6 Å². The second kappa shape index (κ2) is 9.12. The van der Waals surface area contributed by atoms with Gasteiger partial charge < -0.3 is 10.6 Å². The minimum atomic E-state index is 0.635. The Morgan fingerprint density at radius 1 is 0.944 bits per heavy atom. The molecule has 0 bridgehead atoms. The van der Waals surface area contributed by atoms with Crippen LogP contribution in [0.15, 0.2) is 30.3 Å². The molecule has 0 aliphatic rings. The van der Waals surface area contributed by atoms with Gasteiger partial charge in [0, 0.05) is 19.6 Å². The Morgan fingerprint density at radius 3 is 2.11 bits per heavy atom. The minimum absolute atomic E-state index is 0.635. The first-order valence-electron chi connectivity index (χ1n) is 7.20. The van der Waals surface area contributed by atoms with Gasteiger partial charge in [0.2, 0.25) is 0 Å². The van der Waals surface area contributed by atoms with Crippen molar-refractivity contribution in [3.63, 3.8) is 0 Å². The summed E-state index contributed by atoms with van der Waals surface area (Å²) in [6.45, 7) is 11.0. The predicted octanol–water partition coefficient (Wildman–Crippen LogP) is 3.02. The van der Waals surface area contributed by atoms with Crippen molar-refractivity contribution in [3.05, 3.63) is 35.9 Å². The van der Waals surface area contributed by atoms with E-state index in [2.05, 4.69) is 61.7 Å². The SMILES string of the molecule is CCC(CNCCNCC(C)C)c1ccccc1. The summed E-state index contributed by atoms with van der Waals surface area (Å²) < 4.78 is 0. The largest absolute Gasteiger partial charge is 0.315 e. The molecule has 18 heavy (non-hydrogen) atoms.